The summed E-state index contributed by atoms with van der Waals surface area (Å²) in [7, 11) is 3.44. The Morgan fingerprint density at radius 1 is 1.12 bits per heavy atom. The van der Waals surface area contributed by atoms with E-state index < -0.39 is 12.1 Å². The van der Waals surface area contributed by atoms with Crippen LogP contribution in [0.4, 0.5) is 0 Å². The van der Waals surface area contributed by atoms with E-state index in [1.165, 1.54) is 4.90 Å². The van der Waals surface area contributed by atoms with Crippen molar-refractivity contribution in [3.05, 3.63) is 59.7 Å². The van der Waals surface area contributed by atoms with Gasteiger partial charge in [-0.2, -0.15) is 5.26 Å². The molecule has 0 spiro atoms. The van der Waals surface area contributed by atoms with E-state index in [0.29, 0.717) is 5.56 Å². The van der Waals surface area contributed by atoms with Gasteiger partial charge in [0.05, 0.1) is 18.7 Å². The molecule has 32 heavy (non-hydrogen) atoms. The van der Waals surface area contributed by atoms with Crippen LogP contribution in [0, 0.1) is 17.2 Å². The average molecular weight is 432 g/mol. The lowest BCUT2D eigenvalue weighted by Gasteiger charge is -2.52. The summed E-state index contributed by atoms with van der Waals surface area (Å²) in [6.45, 7) is -0.186. The monoisotopic (exact) mass is 431 g/mol. The number of nitrogens with zero attached hydrogens (tertiary/aromatic N) is 3. The van der Waals surface area contributed by atoms with Gasteiger partial charge in [-0.15, -0.1) is 0 Å². The van der Waals surface area contributed by atoms with Crippen LogP contribution < -0.4 is 0 Å². The minimum absolute atomic E-state index is 0.000378. The smallest absolute Gasteiger partial charge is 0.253 e. The van der Waals surface area contributed by atoms with Gasteiger partial charge in [-0.3, -0.25) is 9.59 Å². The maximum absolute atomic E-state index is 13.1. The number of carbonyl (C=O) groups is 2. The number of benzene rings is 2. The van der Waals surface area contributed by atoms with E-state index in [1.54, 1.807) is 25.1 Å². The number of rotatable bonds is 5. The molecule has 0 aromatic heterocycles. The van der Waals surface area contributed by atoms with Gasteiger partial charge in [0, 0.05) is 31.5 Å². The number of aliphatic hydroxyl groups excluding tert-OH is 1. The van der Waals surface area contributed by atoms with Crippen LogP contribution in [0.25, 0.3) is 11.1 Å². The van der Waals surface area contributed by atoms with Crippen LogP contribution in [0.1, 0.15) is 47.5 Å². The Labute approximate surface area is 189 Å². The SMILES string of the molecule is CN(C)C(=O)c1cccc(-c2ccccc2[C@H]2[C@H](C#N)N(C(=O)C3CCCC3)[C@H]2CO)c1. The number of hydrogen-bond acceptors (Lipinski definition) is 4. The quantitative estimate of drug-likeness (QED) is 0.786. The van der Waals surface area contributed by atoms with E-state index in [9.17, 15) is 20.0 Å². The average Bonchev–Trinajstić information content (AvgIpc) is 3.34. The molecule has 1 aliphatic carbocycles. The van der Waals surface area contributed by atoms with Gasteiger partial charge in [-0.25, -0.2) is 0 Å². The first-order valence-corrected chi connectivity index (χ1v) is 11.2. The molecule has 3 atom stereocenters. The van der Waals surface area contributed by atoms with Gasteiger partial charge in [0.1, 0.15) is 6.04 Å². The zero-order valence-corrected chi connectivity index (χ0v) is 18.6. The summed E-state index contributed by atoms with van der Waals surface area (Å²) in [5, 5.41) is 20.1. The number of carbonyl (C=O) groups excluding carboxylic acids is 2. The summed E-state index contributed by atoms with van der Waals surface area (Å²) in [6.07, 6.45) is 3.80. The predicted molar refractivity (Wildman–Crippen MR) is 122 cm³/mol. The van der Waals surface area contributed by atoms with E-state index in [1.807, 2.05) is 42.5 Å². The van der Waals surface area contributed by atoms with Crippen LogP contribution in [0.15, 0.2) is 48.5 Å². The predicted octanol–water partition coefficient (Wildman–Crippen LogP) is 3.42. The number of likely N-dealkylation sites (tertiary alicyclic amines) is 1. The van der Waals surface area contributed by atoms with E-state index in [2.05, 4.69) is 6.07 Å². The van der Waals surface area contributed by atoms with Crippen molar-refractivity contribution in [1.82, 2.24) is 9.80 Å². The third-order valence-electron chi connectivity index (χ3n) is 6.84. The summed E-state index contributed by atoms with van der Waals surface area (Å²) in [4.78, 5) is 28.7. The van der Waals surface area contributed by atoms with Crippen molar-refractivity contribution in [2.75, 3.05) is 20.7 Å². The topological polar surface area (TPSA) is 84.6 Å². The minimum atomic E-state index is -0.604. The van der Waals surface area contributed by atoms with Crippen molar-refractivity contribution >= 4 is 11.8 Å². The molecule has 2 aromatic rings. The van der Waals surface area contributed by atoms with Crippen molar-refractivity contribution in [2.24, 2.45) is 5.92 Å². The standard InChI is InChI=1S/C26H29N3O3/c1-28(2)25(31)19-11-7-10-18(14-19)20-12-5-6-13-21(20)24-22(15-27)29(23(24)16-30)26(32)17-8-3-4-9-17/h5-7,10-14,17,22-24,30H,3-4,8-9,16H2,1-2H3/t22-,23-,24-/m0/s1. The van der Waals surface area contributed by atoms with Gasteiger partial charge in [0.15, 0.2) is 0 Å². The van der Waals surface area contributed by atoms with Crippen LogP contribution >= 0.6 is 0 Å². The van der Waals surface area contributed by atoms with Crippen molar-refractivity contribution in [1.29, 1.82) is 5.26 Å². The summed E-state index contributed by atoms with van der Waals surface area (Å²) >= 11 is 0. The van der Waals surface area contributed by atoms with E-state index in [0.717, 1.165) is 42.4 Å². The fourth-order valence-electron chi connectivity index (χ4n) is 5.20. The third-order valence-corrected chi connectivity index (χ3v) is 6.84. The highest BCUT2D eigenvalue weighted by molar-refractivity contribution is 5.95. The number of hydrogen-bond donors (Lipinski definition) is 1. The molecule has 0 radical (unpaired) electrons. The molecule has 1 N–H and O–H groups in total. The molecule has 0 bridgehead atoms. The van der Waals surface area contributed by atoms with Crippen LogP contribution in [0.3, 0.4) is 0 Å². The van der Waals surface area contributed by atoms with Crippen molar-refractivity contribution in [3.8, 4) is 17.2 Å². The van der Waals surface area contributed by atoms with Crippen molar-refractivity contribution in [2.45, 2.75) is 43.7 Å². The second kappa shape index (κ2) is 9.13. The summed E-state index contributed by atoms with van der Waals surface area (Å²) < 4.78 is 0. The Bertz CT molecular complexity index is 1050. The fraction of sp³-hybridized carbons (Fsp3) is 0.423. The molecule has 0 unspecified atom stereocenters. The first-order valence-electron chi connectivity index (χ1n) is 11.2. The van der Waals surface area contributed by atoms with Crippen LogP contribution in [0.2, 0.25) is 0 Å². The number of nitriles is 1. The molecule has 1 saturated heterocycles. The van der Waals surface area contributed by atoms with Gasteiger partial charge in [-0.05, 0) is 41.7 Å². The first kappa shape index (κ1) is 22.0. The number of aliphatic hydroxyl groups is 1. The fourth-order valence-corrected chi connectivity index (χ4v) is 5.20. The van der Waals surface area contributed by atoms with E-state index >= 15 is 0 Å². The lowest BCUT2D eigenvalue weighted by atomic mass is 9.72. The van der Waals surface area contributed by atoms with Gasteiger partial charge in [0.2, 0.25) is 5.91 Å². The van der Waals surface area contributed by atoms with Crippen LogP contribution in [-0.4, -0.2) is 59.5 Å². The van der Waals surface area contributed by atoms with E-state index in [4.69, 9.17) is 0 Å². The Morgan fingerprint density at radius 2 is 1.84 bits per heavy atom. The summed E-state index contributed by atoms with van der Waals surface area (Å²) in [5.41, 5.74) is 3.30. The number of amides is 2. The molecule has 166 valence electrons. The molecule has 2 amide bonds. The molecule has 2 aliphatic rings. The van der Waals surface area contributed by atoms with E-state index in [-0.39, 0.29) is 30.3 Å². The highest BCUT2D eigenvalue weighted by Gasteiger charge is 2.53. The second-order valence-electron chi connectivity index (χ2n) is 8.94. The van der Waals surface area contributed by atoms with Gasteiger partial charge >= 0.3 is 0 Å². The lowest BCUT2D eigenvalue weighted by molar-refractivity contribution is -0.151. The van der Waals surface area contributed by atoms with Crippen molar-refractivity contribution in [3.63, 3.8) is 0 Å². The molecule has 1 aliphatic heterocycles. The maximum atomic E-state index is 13.1. The minimum Gasteiger partial charge on any atom is -0.394 e. The molecule has 1 saturated carbocycles. The van der Waals surface area contributed by atoms with Gasteiger partial charge in [-0.1, -0.05) is 49.2 Å². The Kier molecular flexibility index (Phi) is 6.29. The molecule has 4 rings (SSSR count). The molecular formula is C26H29N3O3. The Morgan fingerprint density at radius 3 is 2.50 bits per heavy atom. The Hall–Kier alpha value is -3.17. The molecule has 2 fully saturated rings. The largest absolute Gasteiger partial charge is 0.394 e. The van der Waals surface area contributed by atoms with Gasteiger partial charge < -0.3 is 14.9 Å². The Balaban J connectivity index is 1.69. The maximum Gasteiger partial charge on any atom is 0.253 e. The molecule has 1 heterocycles. The summed E-state index contributed by atoms with van der Waals surface area (Å²) in [6, 6.07) is 16.5. The lowest BCUT2D eigenvalue weighted by Crippen LogP contribution is -2.66. The normalized spacial score (nSPS) is 22.8. The molecule has 6 nitrogen and oxygen atoms in total. The summed E-state index contributed by atoms with van der Waals surface area (Å²) in [5.74, 6) is -0.394. The highest BCUT2D eigenvalue weighted by atomic mass is 16.3. The molecule has 2 aromatic carbocycles. The van der Waals surface area contributed by atoms with Crippen LogP contribution in [-0.2, 0) is 4.79 Å². The van der Waals surface area contributed by atoms with Gasteiger partial charge in [0.25, 0.3) is 5.91 Å². The zero-order chi connectivity index (χ0) is 22.8. The zero-order valence-electron chi connectivity index (χ0n) is 18.6. The first-order chi connectivity index (χ1) is 15.5. The third kappa shape index (κ3) is 3.78. The van der Waals surface area contributed by atoms with Crippen LogP contribution in [0.5, 0.6) is 0 Å². The van der Waals surface area contributed by atoms with Crippen molar-refractivity contribution < 1.29 is 14.7 Å². The molecule has 6 heteroatoms. The highest BCUT2D eigenvalue weighted by Crippen LogP contribution is 2.45. The second-order valence-corrected chi connectivity index (χ2v) is 8.94. The molecular weight excluding hydrogens is 402 g/mol.